The topological polar surface area (TPSA) is 75.1 Å². The second-order valence-electron chi connectivity index (χ2n) is 3.46. The Balaban J connectivity index is 2.48. The molecule has 0 unspecified atom stereocenters. The predicted molar refractivity (Wildman–Crippen MR) is 57.7 cm³/mol. The first-order chi connectivity index (χ1) is 8.09. The van der Waals surface area contributed by atoms with E-state index >= 15 is 0 Å². The molecule has 2 N–H and O–H groups in total. The van der Waals surface area contributed by atoms with Crippen molar-refractivity contribution < 1.29 is 14.3 Å². The Morgan fingerprint density at radius 2 is 2.12 bits per heavy atom. The van der Waals surface area contributed by atoms with Gasteiger partial charge in [-0.25, -0.2) is 9.07 Å². The van der Waals surface area contributed by atoms with E-state index in [1.54, 1.807) is 6.07 Å². The SMILES string of the molecule is O=C(O)Cc1c[nH]n(-c2ccccc2F)c1=O. The van der Waals surface area contributed by atoms with Gasteiger partial charge in [0.2, 0.25) is 0 Å². The quantitative estimate of drug-likeness (QED) is 0.832. The summed E-state index contributed by atoms with van der Waals surface area (Å²) in [6, 6.07) is 5.74. The lowest BCUT2D eigenvalue weighted by atomic mass is 10.2. The molecule has 0 spiro atoms. The highest BCUT2D eigenvalue weighted by molar-refractivity contribution is 5.69. The Hall–Kier alpha value is -2.37. The van der Waals surface area contributed by atoms with Crippen LogP contribution in [0.25, 0.3) is 5.69 Å². The van der Waals surface area contributed by atoms with E-state index in [-0.39, 0.29) is 11.3 Å². The number of hydrogen-bond acceptors (Lipinski definition) is 2. The summed E-state index contributed by atoms with van der Waals surface area (Å²) >= 11 is 0. The fraction of sp³-hybridized carbons (Fsp3) is 0.0909. The number of carbonyl (C=O) groups is 1. The number of carboxylic acid groups (broad SMARTS) is 1. The molecule has 1 aromatic carbocycles. The summed E-state index contributed by atoms with van der Waals surface area (Å²) < 4.78 is 14.4. The van der Waals surface area contributed by atoms with E-state index in [1.165, 1.54) is 24.4 Å². The van der Waals surface area contributed by atoms with E-state index < -0.39 is 23.8 Å². The number of carboxylic acids is 1. The lowest BCUT2D eigenvalue weighted by Crippen LogP contribution is -2.19. The van der Waals surface area contributed by atoms with Gasteiger partial charge in [-0.2, -0.15) is 0 Å². The van der Waals surface area contributed by atoms with Crippen LogP contribution in [0.2, 0.25) is 0 Å². The molecule has 1 aromatic heterocycles. The van der Waals surface area contributed by atoms with Crippen molar-refractivity contribution in [1.29, 1.82) is 0 Å². The molecule has 0 saturated carbocycles. The molecule has 17 heavy (non-hydrogen) atoms. The number of para-hydroxylation sites is 1. The number of aromatic amines is 1. The number of rotatable bonds is 3. The van der Waals surface area contributed by atoms with Gasteiger partial charge in [0, 0.05) is 11.8 Å². The second-order valence-corrected chi connectivity index (χ2v) is 3.46. The zero-order valence-corrected chi connectivity index (χ0v) is 8.68. The van der Waals surface area contributed by atoms with Crippen molar-refractivity contribution in [3.05, 3.63) is 52.2 Å². The molecule has 0 bridgehead atoms. The maximum Gasteiger partial charge on any atom is 0.308 e. The number of nitrogens with one attached hydrogen (secondary N) is 1. The van der Waals surface area contributed by atoms with Gasteiger partial charge in [0.25, 0.3) is 5.56 Å². The minimum atomic E-state index is -1.11. The molecular weight excluding hydrogens is 227 g/mol. The maximum absolute atomic E-state index is 13.4. The van der Waals surface area contributed by atoms with Crippen molar-refractivity contribution in [3.8, 4) is 5.69 Å². The van der Waals surface area contributed by atoms with Crippen LogP contribution >= 0.6 is 0 Å². The summed E-state index contributed by atoms with van der Waals surface area (Å²) in [4.78, 5) is 22.3. The van der Waals surface area contributed by atoms with Gasteiger partial charge in [0.1, 0.15) is 11.5 Å². The van der Waals surface area contributed by atoms with Gasteiger partial charge in [0.15, 0.2) is 0 Å². The summed E-state index contributed by atoms with van der Waals surface area (Å²) in [6.45, 7) is 0. The van der Waals surface area contributed by atoms with Crippen molar-refractivity contribution in [2.24, 2.45) is 0 Å². The molecule has 0 fully saturated rings. The highest BCUT2D eigenvalue weighted by Crippen LogP contribution is 2.09. The molecule has 0 aliphatic heterocycles. The largest absolute Gasteiger partial charge is 0.481 e. The first-order valence-electron chi connectivity index (χ1n) is 4.85. The Labute approximate surface area is 95.1 Å². The number of benzene rings is 1. The van der Waals surface area contributed by atoms with E-state index in [4.69, 9.17) is 5.11 Å². The van der Waals surface area contributed by atoms with Crippen LogP contribution in [0.1, 0.15) is 5.56 Å². The number of aromatic nitrogens is 2. The van der Waals surface area contributed by atoms with Crippen molar-refractivity contribution in [2.75, 3.05) is 0 Å². The molecule has 0 amide bonds. The van der Waals surface area contributed by atoms with E-state index in [0.717, 1.165) is 4.68 Å². The van der Waals surface area contributed by atoms with Crippen LogP contribution < -0.4 is 5.56 Å². The van der Waals surface area contributed by atoms with Gasteiger partial charge >= 0.3 is 5.97 Å². The predicted octanol–water partition coefficient (Wildman–Crippen LogP) is 0.932. The van der Waals surface area contributed by atoms with Crippen molar-refractivity contribution >= 4 is 5.97 Å². The first-order valence-corrected chi connectivity index (χ1v) is 4.85. The molecule has 2 rings (SSSR count). The molecule has 2 aromatic rings. The maximum atomic E-state index is 13.4. The number of hydrogen-bond donors (Lipinski definition) is 2. The fourth-order valence-electron chi connectivity index (χ4n) is 1.51. The van der Waals surface area contributed by atoms with E-state index in [9.17, 15) is 14.0 Å². The third-order valence-corrected chi connectivity index (χ3v) is 2.28. The minimum Gasteiger partial charge on any atom is -0.481 e. The van der Waals surface area contributed by atoms with Gasteiger partial charge in [-0.15, -0.1) is 0 Å². The van der Waals surface area contributed by atoms with E-state index in [1.807, 2.05) is 0 Å². The smallest absolute Gasteiger partial charge is 0.308 e. The number of aliphatic carboxylic acids is 1. The zero-order chi connectivity index (χ0) is 12.4. The van der Waals surface area contributed by atoms with E-state index in [0.29, 0.717) is 0 Å². The lowest BCUT2D eigenvalue weighted by Gasteiger charge is -2.01. The fourth-order valence-corrected chi connectivity index (χ4v) is 1.51. The number of H-pyrrole nitrogens is 1. The van der Waals surface area contributed by atoms with Gasteiger partial charge in [-0.3, -0.25) is 14.7 Å². The average Bonchev–Trinajstić information content (AvgIpc) is 2.61. The van der Waals surface area contributed by atoms with Crippen LogP contribution in [-0.4, -0.2) is 20.9 Å². The highest BCUT2D eigenvalue weighted by Gasteiger charge is 2.12. The number of halogens is 1. The molecule has 0 atom stereocenters. The molecule has 88 valence electrons. The van der Waals surface area contributed by atoms with Gasteiger partial charge < -0.3 is 5.11 Å². The van der Waals surface area contributed by atoms with Crippen LogP contribution in [0, 0.1) is 5.82 Å². The number of nitrogens with zero attached hydrogens (tertiary/aromatic N) is 1. The lowest BCUT2D eigenvalue weighted by molar-refractivity contribution is -0.136. The summed E-state index contributed by atoms with van der Waals surface area (Å²) in [5.41, 5.74) is -0.410. The second kappa shape index (κ2) is 4.25. The minimum absolute atomic E-state index is 0.0640. The average molecular weight is 236 g/mol. The van der Waals surface area contributed by atoms with Gasteiger partial charge in [-0.05, 0) is 12.1 Å². The Morgan fingerprint density at radius 1 is 1.41 bits per heavy atom. The molecule has 0 radical (unpaired) electrons. The van der Waals surface area contributed by atoms with Crippen molar-refractivity contribution in [2.45, 2.75) is 6.42 Å². The van der Waals surface area contributed by atoms with Crippen molar-refractivity contribution in [3.63, 3.8) is 0 Å². The van der Waals surface area contributed by atoms with Crippen LogP contribution in [0.5, 0.6) is 0 Å². The summed E-state index contributed by atoms with van der Waals surface area (Å²) in [7, 11) is 0. The standard InChI is InChI=1S/C11H9FN2O3/c12-8-3-1-2-4-9(8)14-11(17)7(6-13-14)5-10(15)16/h1-4,6,13H,5H2,(H,15,16). The third kappa shape index (κ3) is 2.10. The molecule has 0 aliphatic rings. The van der Waals surface area contributed by atoms with E-state index in [2.05, 4.69) is 5.10 Å². The van der Waals surface area contributed by atoms with Crippen molar-refractivity contribution in [1.82, 2.24) is 9.78 Å². The molecule has 0 saturated heterocycles. The third-order valence-electron chi connectivity index (χ3n) is 2.28. The van der Waals surface area contributed by atoms with Crippen LogP contribution in [-0.2, 0) is 11.2 Å². The molecular formula is C11H9FN2O3. The molecule has 6 heteroatoms. The Bertz CT molecular complexity index is 615. The monoisotopic (exact) mass is 236 g/mol. The van der Waals surface area contributed by atoms with Gasteiger partial charge in [0.05, 0.1) is 6.42 Å². The summed E-state index contributed by atoms with van der Waals surface area (Å²) in [5.74, 6) is -1.67. The molecule has 5 nitrogen and oxygen atoms in total. The zero-order valence-electron chi connectivity index (χ0n) is 8.68. The summed E-state index contributed by atoms with van der Waals surface area (Å²) in [6.07, 6.45) is 0.875. The summed E-state index contributed by atoms with van der Waals surface area (Å²) in [5, 5.41) is 11.1. The van der Waals surface area contributed by atoms with Crippen LogP contribution in [0.15, 0.2) is 35.3 Å². The van der Waals surface area contributed by atoms with Crippen LogP contribution in [0.3, 0.4) is 0 Å². The normalized spacial score (nSPS) is 10.4. The Morgan fingerprint density at radius 3 is 2.76 bits per heavy atom. The van der Waals surface area contributed by atoms with Gasteiger partial charge in [-0.1, -0.05) is 12.1 Å². The Kier molecular flexibility index (Phi) is 2.78. The first kappa shape index (κ1) is 11.1. The molecule has 0 aliphatic carbocycles. The molecule has 1 heterocycles. The van der Waals surface area contributed by atoms with Crippen LogP contribution in [0.4, 0.5) is 4.39 Å². The highest BCUT2D eigenvalue weighted by atomic mass is 19.1.